The SMILES string of the molecule is Cc1cc(C)cc(N(CCCC(=O)N(Cc2ccc(Cl)c(Cl)c2)[C@H](C)C(=O)NC2CCCC2)S(C)(=O)=O)c1. The zero-order chi connectivity index (χ0) is 28.0. The number of amides is 2. The molecule has 0 radical (unpaired) electrons. The minimum absolute atomic E-state index is 0.0825. The van der Waals surface area contributed by atoms with Crippen LogP contribution in [0.4, 0.5) is 5.69 Å². The highest BCUT2D eigenvalue weighted by molar-refractivity contribution is 7.92. The third-order valence-electron chi connectivity index (χ3n) is 6.85. The van der Waals surface area contributed by atoms with Crippen molar-refractivity contribution in [1.29, 1.82) is 0 Å². The van der Waals surface area contributed by atoms with Crippen molar-refractivity contribution in [3.8, 4) is 0 Å². The summed E-state index contributed by atoms with van der Waals surface area (Å²) in [4.78, 5) is 28.1. The van der Waals surface area contributed by atoms with E-state index < -0.39 is 16.1 Å². The topological polar surface area (TPSA) is 86.8 Å². The number of nitrogens with zero attached hydrogens (tertiary/aromatic N) is 2. The molecule has 0 heterocycles. The molecule has 2 aromatic carbocycles. The van der Waals surface area contributed by atoms with Gasteiger partial charge in [0.15, 0.2) is 0 Å². The number of nitrogens with one attached hydrogen (secondary N) is 1. The number of anilines is 1. The highest BCUT2D eigenvalue weighted by Crippen LogP contribution is 2.25. The molecule has 2 amide bonds. The van der Waals surface area contributed by atoms with E-state index in [-0.39, 0.29) is 37.4 Å². The second kappa shape index (κ2) is 13.2. The third kappa shape index (κ3) is 8.35. The summed E-state index contributed by atoms with van der Waals surface area (Å²) < 4.78 is 26.5. The number of halogens is 2. The lowest BCUT2D eigenvalue weighted by molar-refractivity contribution is -0.141. The molecule has 38 heavy (non-hydrogen) atoms. The molecule has 0 aromatic heterocycles. The van der Waals surface area contributed by atoms with Gasteiger partial charge in [-0.2, -0.15) is 0 Å². The Hall–Kier alpha value is -2.29. The van der Waals surface area contributed by atoms with Crippen LogP contribution in [0.5, 0.6) is 0 Å². The van der Waals surface area contributed by atoms with Crippen LogP contribution in [0.1, 0.15) is 62.1 Å². The first-order chi connectivity index (χ1) is 17.8. The van der Waals surface area contributed by atoms with Crippen molar-refractivity contribution in [3.63, 3.8) is 0 Å². The fourth-order valence-electron chi connectivity index (χ4n) is 4.91. The summed E-state index contributed by atoms with van der Waals surface area (Å²) in [7, 11) is -3.55. The Morgan fingerprint density at radius 1 is 1.03 bits per heavy atom. The van der Waals surface area contributed by atoms with Crippen molar-refractivity contribution in [2.75, 3.05) is 17.1 Å². The van der Waals surface area contributed by atoms with Crippen LogP contribution < -0.4 is 9.62 Å². The van der Waals surface area contributed by atoms with E-state index in [0.29, 0.717) is 22.2 Å². The Labute approximate surface area is 236 Å². The summed E-state index contributed by atoms with van der Waals surface area (Å²) in [5, 5.41) is 3.86. The predicted molar refractivity (Wildman–Crippen MR) is 154 cm³/mol. The van der Waals surface area contributed by atoms with Gasteiger partial charge < -0.3 is 10.2 Å². The smallest absolute Gasteiger partial charge is 0.242 e. The molecular formula is C28H37Cl2N3O4S. The van der Waals surface area contributed by atoms with E-state index in [1.165, 1.54) is 15.5 Å². The lowest BCUT2D eigenvalue weighted by Crippen LogP contribution is -2.49. The fourth-order valence-corrected chi connectivity index (χ4v) is 6.18. The van der Waals surface area contributed by atoms with E-state index in [9.17, 15) is 18.0 Å². The van der Waals surface area contributed by atoms with Gasteiger partial charge in [-0.1, -0.05) is 48.2 Å². The van der Waals surface area contributed by atoms with Gasteiger partial charge in [0.2, 0.25) is 21.8 Å². The Morgan fingerprint density at radius 3 is 2.24 bits per heavy atom. The monoisotopic (exact) mass is 581 g/mol. The van der Waals surface area contributed by atoms with E-state index in [0.717, 1.165) is 42.4 Å². The molecule has 1 saturated carbocycles. The highest BCUT2D eigenvalue weighted by Gasteiger charge is 2.29. The maximum Gasteiger partial charge on any atom is 0.242 e. The number of aryl methyl sites for hydroxylation is 2. The minimum Gasteiger partial charge on any atom is -0.352 e. The van der Waals surface area contributed by atoms with Crippen molar-refractivity contribution >= 4 is 50.7 Å². The van der Waals surface area contributed by atoms with E-state index >= 15 is 0 Å². The van der Waals surface area contributed by atoms with Gasteiger partial charge in [-0.3, -0.25) is 13.9 Å². The van der Waals surface area contributed by atoms with Crippen LogP contribution in [0.2, 0.25) is 10.0 Å². The molecule has 1 atom stereocenters. The number of carbonyl (C=O) groups is 2. The summed E-state index contributed by atoms with van der Waals surface area (Å²) in [6.45, 7) is 5.88. The molecule has 3 rings (SSSR count). The van der Waals surface area contributed by atoms with E-state index in [2.05, 4.69) is 5.32 Å². The molecule has 7 nitrogen and oxygen atoms in total. The first-order valence-corrected chi connectivity index (χ1v) is 15.6. The number of hydrogen-bond acceptors (Lipinski definition) is 4. The quantitative estimate of drug-likeness (QED) is 0.372. The zero-order valence-electron chi connectivity index (χ0n) is 22.5. The van der Waals surface area contributed by atoms with Crippen molar-refractivity contribution in [2.45, 2.75) is 77.9 Å². The van der Waals surface area contributed by atoms with Crippen molar-refractivity contribution in [3.05, 3.63) is 63.1 Å². The molecule has 1 aliphatic rings. The fraction of sp³-hybridized carbons (Fsp3) is 0.500. The molecule has 2 aromatic rings. The molecule has 10 heteroatoms. The van der Waals surface area contributed by atoms with Gasteiger partial charge in [0.05, 0.1) is 22.0 Å². The minimum atomic E-state index is -3.55. The van der Waals surface area contributed by atoms with E-state index in [1.54, 1.807) is 25.1 Å². The summed E-state index contributed by atoms with van der Waals surface area (Å²) >= 11 is 12.3. The van der Waals surface area contributed by atoms with Gasteiger partial charge in [-0.05, 0) is 81.0 Å². The Bertz CT molecular complexity index is 1240. The molecule has 0 spiro atoms. The van der Waals surface area contributed by atoms with Crippen LogP contribution in [0, 0.1) is 13.8 Å². The summed E-state index contributed by atoms with van der Waals surface area (Å²) in [6.07, 6.45) is 5.61. The summed E-state index contributed by atoms with van der Waals surface area (Å²) in [6, 6.07) is 10.2. The lowest BCUT2D eigenvalue weighted by Gasteiger charge is -2.30. The standard InChI is InChI=1S/C28H37Cl2N3O4S/c1-19-14-20(2)16-24(15-19)33(38(4,36)37)13-7-10-27(34)32(18-22-11-12-25(29)26(30)17-22)21(3)28(35)31-23-8-5-6-9-23/h11-12,14-17,21,23H,5-10,13,18H2,1-4H3,(H,31,35)/t21-/m1/s1. The molecule has 0 saturated heterocycles. The highest BCUT2D eigenvalue weighted by atomic mass is 35.5. The Kier molecular flexibility index (Phi) is 10.5. The van der Waals surface area contributed by atoms with Crippen molar-refractivity contribution in [2.24, 2.45) is 0 Å². The predicted octanol–water partition coefficient (Wildman–Crippen LogP) is 5.63. The van der Waals surface area contributed by atoms with Crippen molar-refractivity contribution in [1.82, 2.24) is 10.2 Å². The average Bonchev–Trinajstić information content (AvgIpc) is 3.33. The number of rotatable bonds is 11. The van der Waals surface area contributed by atoms with Gasteiger partial charge in [0, 0.05) is 25.6 Å². The number of benzene rings is 2. The zero-order valence-corrected chi connectivity index (χ0v) is 24.8. The molecule has 0 bridgehead atoms. The average molecular weight is 583 g/mol. The van der Waals surface area contributed by atoms with Crippen LogP contribution in [-0.4, -0.2) is 50.0 Å². The van der Waals surface area contributed by atoms with Gasteiger partial charge in [0.25, 0.3) is 0 Å². The Balaban J connectivity index is 1.75. The van der Waals surface area contributed by atoms with Crippen LogP contribution in [0.15, 0.2) is 36.4 Å². The van der Waals surface area contributed by atoms with Gasteiger partial charge >= 0.3 is 0 Å². The van der Waals surface area contributed by atoms with Gasteiger partial charge in [-0.15, -0.1) is 0 Å². The molecular weight excluding hydrogens is 545 g/mol. The number of hydrogen-bond donors (Lipinski definition) is 1. The van der Waals surface area contributed by atoms with Crippen LogP contribution in [0.25, 0.3) is 0 Å². The number of carbonyl (C=O) groups excluding carboxylic acids is 2. The van der Waals surface area contributed by atoms with Crippen LogP contribution >= 0.6 is 23.2 Å². The van der Waals surface area contributed by atoms with Crippen LogP contribution in [-0.2, 0) is 26.2 Å². The molecule has 1 N–H and O–H groups in total. The van der Waals surface area contributed by atoms with Crippen molar-refractivity contribution < 1.29 is 18.0 Å². The van der Waals surface area contributed by atoms with Crippen LogP contribution in [0.3, 0.4) is 0 Å². The van der Waals surface area contributed by atoms with Gasteiger partial charge in [-0.25, -0.2) is 8.42 Å². The van der Waals surface area contributed by atoms with Gasteiger partial charge in [0.1, 0.15) is 6.04 Å². The first-order valence-electron chi connectivity index (χ1n) is 12.9. The van der Waals surface area contributed by atoms with E-state index in [4.69, 9.17) is 23.2 Å². The van der Waals surface area contributed by atoms with E-state index in [1.807, 2.05) is 32.0 Å². The molecule has 0 unspecified atom stereocenters. The molecule has 0 aliphatic heterocycles. The molecule has 1 aliphatic carbocycles. The number of sulfonamides is 1. The lowest BCUT2D eigenvalue weighted by atomic mass is 10.1. The molecule has 208 valence electrons. The maximum absolute atomic E-state index is 13.5. The second-order valence-electron chi connectivity index (χ2n) is 10.2. The maximum atomic E-state index is 13.5. The summed E-state index contributed by atoms with van der Waals surface area (Å²) in [5.74, 6) is -0.433. The second-order valence-corrected chi connectivity index (χ2v) is 12.9. The largest absolute Gasteiger partial charge is 0.352 e. The normalized spacial score (nSPS) is 14.8. The summed E-state index contributed by atoms with van der Waals surface area (Å²) in [5.41, 5.74) is 3.25. The molecule has 1 fully saturated rings. The third-order valence-corrected chi connectivity index (χ3v) is 8.79. The Morgan fingerprint density at radius 2 is 1.66 bits per heavy atom. The first kappa shape index (κ1) is 30.3.